The predicted octanol–water partition coefficient (Wildman–Crippen LogP) is -1.56. The van der Waals surface area contributed by atoms with Crippen molar-refractivity contribution in [1.82, 2.24) is 9.55 Å². The van der Waals surface area contributed by atoms with Crippen molar-refractivity contribution in [1.29, 1.82) is 0 Å². The maximum Gasteiger partial charge on any atom is 0.330 e. The molecule has 0 spiro atoms. The minimum absolute atomic E-state index is 0.117. The fraction of sp³-hybridized carbons (Fsp3) is 0.500. The van der Waals surface area contributed by atoms with E-state index in [1.165, 1.54) is 6.92 Å². The van der Waals surface area contributed by atoms with Crippen molar-refractivity contribution in [3.8, 4) is 12.3 Å². The van der Waals surface area contributed by atoms with Gasteiger partial charge in [-0.15, -0.1) is 6.42 Å². The summed E-state index contributed by atoms with van der Waals surface area (Å²) in [6, 6.07) is 1.07. The fourth-order valence-corrected chi connectivity index (χ4v) is 2.22. The summed E-state index contributed by atoms with van der Waals surface area (Å²) in [5, 5.41) is 18.8. The van der Waals surface area contributed by atoms with Crippen molar-refractivity contribution < 1.29 is 19.3 Å². The number of aromatic nitrogens is 2. The van der Waals surface area contributed by atoms with Gasteiger partial charge >= 0.3 is 5.69 Å². The SMILES string of the molecule is C#C[C@@]1(F)C(O)[C@@H](CO)O[C@H]1n1c(C)cc(=O)[nH]c1=O. The van der Waals surface area contributed by atoms with Crippen molar-refractivity contribution in [3.05, 3.63) is 32.6 Å². The Kier molecular flexibility index (Phi) is 3.52. The number of nitrogens with one attached hydrogen (secondary N) is 1. The summed E-state index contributed by atoms with van der Waals surface area (Å²) < 4.78 is 20.7. The number of rotatable bonds is 2. The van der Waals surface area contributed by atoms with Gasteiger partial charge in [0.2, 0.25) is 5.67 Å². The van der Waals surface area contributed by atoms with Crippen LogP contribution in [0, 0.1) is 19.3 Å². The highest BCUT2D eigenvalue weighted by atomic mass is 19.1. The minimum Gasteiger partial charge on any atom is -0.394 e. The first-order chi connectivity index (χ1) is 9.35. The number of H-pyrrole nitrogens is 1. The second kappa shape index (κ2) is 4.86. The van der Waals surface area contributed by atoms with Crippen LogP contribution in [0.5, 0.6) is 0 Å². The van der Waals surface area contributed by atoms with Gasteiger partial charge in [-0.05, 0) is 6.92 Å². The molecule has 7 nitrogen and oxygen atoms in total. The van der Waals surface area contributed by atoms with E-state index in [9.17, 15) is 19.1 Å². The van der Waals surface area contributed by atoms with E-state index in [1.54, 1.807) is 5.92 Å². The Morgan fingerprint density at radius 2 is 2.30 bits per heavy atom. The summed E-state index contributed by atoms with van der Waals surface area (Å²) in [5.74, 6) is 1.77. The molecule has 1 saturated heterocycles. The molecular weight excluding hydrogens is 271 g/mol. The highest BCUT2D eigenvalue weighted by Crippen LogP contribution is 2.40. The monoisotopic (exact) mass is 284 g/mol. The molecule has 8 heteroatoms. The van der Waals surface area contributed by atoms with Gasteiger partial charge in [0, 0.05) is 11.8 Å². The molecule has 1 aliphatic rings. The molecule has 0 bridgehead atoms. The standard InChI is InChI=1S/C12H13FN2O5/c1-3-12(13)9(18)7(5-16)20-10(12)15-6(2)4-8(17)14-11(15)19/h1,4,7,9-10,16,18H,5H2,2H3,(H,14,17,19)/t7-,9?,10-,12-/m1/s1. The van der Waals surface area contributed by atoms with E-state index < -0.39 is 42.0 Å². The van der Waals surface area contributed by atoms with Gasteiger partial charge in [-0.2, -0.15) is 0 Å². The van der Waals surface area contributed by atoms with Gasteiger partial charge in [0.15, 0.2) is 6.23 Å². The number of hydrogen-bond donors (Lipinski definition) is 3. The molecule has 0 saturated carbocycles. The molecule has 0 amide bonds. The van der Waals surface area contributed by atoms with Crippen LogP contribution in [0.3, 0.4) is 0 Å². The van der Waals surface area contributed by atoms with Gasteiger partial charge in [0.1, 0.15) is 12.2 Å². The Bertz CT molecular complexity index is 676. The smallest absolute Gasteiger partial charge is 0.330 e. The molecule has 1 aliphatic heterocycles. The quantitative estimate of drug-likeness (QED) is 0.570. The molecule has 0 aliphatic carbocycles. The first kappa shape index (κ1) is 14.5. The van der Waals surface area contributed by atoms with E-state index in [0.29, 0.717) is 0 Å². The molecule has 2 rings (SSSR count). The average molecular weight is 284 g/mol. The van der Waals surface area contributed by atoms with Crippen LogP contribution in [-0.4, -0.2) is 44.2 Å². The molecule has 1 unspecified atom stereocenters. The maximum atomic E-state index is 14.7. The lowest BCUT2D eigenvalue weighted by atomic mass is 9.97. The van der Waals surface area contributed by atoms with Crippen molar-refractivity contribution in [2.75, 3.05) is 6.61 Å². The number of ether oxygens (including phenoxy) is 1. The molecule has 1 aromatic heterocycles. The van der Waals surface area contributed by atoms with Crippen LogP contribution < -0.4 is 11.2 Å². The summed E-state index contributed by atoms with van der Waals surface area (Å²) in [5.41, 5.74) is -4.14. The average Bonchev–Trinajstić information content (AvgIpc) is 2.63. The molecule has 3 N–H and O–H groups in total. The van der Waals surface area contributed by atoms with Crippen molar-refractivity contribution >= 4 is 0 Å². The summed E-state index contributed by atoms with van der Waals surface area (Å²) >= 11 is 0. The number of halogens is 1. The van der Waals surface area contributed by atoms with E-state index in [-0.39, 0.29) is 5.69 Å². The van der Waals surface area contributed by atoms with Crippen LogP contribution in [-0.2, 0) is 4.74 Å². The number of aryl methyl sites for hydroxylation is 1. The fourth-order valence-electron chi connectivity index (χ4n) is 2.22. The molecule has 0 radical (unpaired) electrons. The third-order valence-corrected chi connectivity index (χ3v) is 3.25. The highest BCUT2D eigenvalue weighted by Gasteiger charge is 2.57. The van der Waals surface area contributed by atoms with Gasteiger partial charge in [-0.25, -0.2) is 9.18 Å². The maximum absolute atomic E-state index is 14.7. The second-order valence-corrected chi connectivity index (χ2v) is 4.52. The van der Waals surface area contributed by atoms with Crippen LogP contribution in [0.4, 0.5) is 4.39 Å². The summed E-state index contributed by atoms with van der Waals surface area (Å²) in [7, 11) is 0. The lowest BCUT2D eigenvalue weighted by Gasteiger charge is -2.25. The number of hydrogen-bond acceptors (Lipinski definition) is 5. The van der Waals surface area contributed by atoms with Crippen LogP contribution in [0.1, 0.15) is 11.9 Å². The lowest BCUT2D eigenvalue weighted by molar-refractivity contribution is -0.0552. The predicted molar refractivity (Wildman–Crippen MR) is 65.7 cm³/mol. The third kappa shape index (κ3) is 1.96. The summed E-state index contributed by atoms with van der Waals surface area (Å²) in [4.78, 5) is 24.9. The Morgan fingerprint density at radius 1 is 1.65 bits per heavy atom. The lowest BCUT2D eigenvalue weighted by Crippen LogP contribution is -2.45. The topological polar surface area (TPSA) is 105 Å². The first-order valence-corrected chi connectivity index (χ1v) is 5.78. The Morgan fingerprint density at radius 3 is 2.80 bits per heavy atom. The molecule has 1 fully saturated rings. The van der Waals surface area contributed by atoms with Crippen molar-refractivity contribution in [2.45, 2.75) is 31.0 Å². The van der Waals surface area contributed by atoms with Crippen LogP contribution in [0.25, 0.3) is 0 Å². The van der Waals surface area contributed by atoms with Crippen LogP contribution in [0.2, 0.25) is 0 Å². The molecule has 108 valence electrons. The van der Waals surface area contributed by atoms with Crippen LogP contribution >= 0.6 is 0 Å². The largest absolute Gasteiger partial charge is 0.394 e. The first-order valence-electron chi connectivity index (χ1n) is 5.78. The molecule has 0 aromatic carbocycles. The number of nitrogens with zero attached hydrogens (tertiary/aromatic N) is 1. The number of aliphatic hydroxyl groups excluding tert-OH is 2. The van der Waals surface area contributed by atoms with E-state index in [1.807, 2.05) is 4.98 Å². The molecule has 4 atom stereocenters. The molecular formula is C12H13FN2O5. The number of alkyl halides is 1. The minimum atomic E-state index is -2.69. The van der Waals surface area contributed by atoms with Gasteiger partial charge < -0.3 is 14.9 Å². The van der Waals surface area contributed by atoms with Gasteiger partial charge in [-0.3, -0.25) is 14.3 Å². The van der Waals surface area contributed by atoms with Crippen molar-refractivity contribution in [3.63, 3.8) is 0 Å². The number of aromatic amines is 1. The summed E-state index contributed by atoms with van der Waals surface area (Å²) in [6.07, 6.45) is 0.409. The zero-order valence-electron chi connectivity index (χ0n) is 10.5. The zero-order chi connectivity index (χ0) is 15.1. The normalized spacial score (nSPS) is 33.0. The Labute approximate surface area is 112 Å². The number of aliphatic hydroxyl groups is 2. The Hall–Kier alpha value is -1.95. The summed E-state index contributed by atoms with van der Waals surface area (Å²) in [6.45, 7) is 0.734. The molecule has 1 aromatic rings. The molecule has 20 heavy (non-hydrogen) atoms. The second-order valence-electron chi connectivity index (χ2n) is 4.52. The van der Waals surface area contributed by atoms with Crippen LogP contribution in [0.15, 0.2) is 15.7 Å². The van der Waals surface area contributed by atoms with E-state index >= 15 is 0 Å². The van der Waals surface area contributed by atoms with Gasteiger partial charge in [0.05, 0.1) is 6.61 Å². The number of terminal acetylenes is 1. The van der Waals surface area contributed by atoms with Gasteiger partial charge in [-0.1, -0.05) is 5.92 Å². The van der Waals surface area contributed by atoms with E-state index in [4.69, 9.17) is 16.3 Å². The van der Waals surface area contributed by atoms with E-state index in [2.05, 4.69) is 0 Å². The Balaban J connectivity index is 2.61. The third-order valence-electron chi connectivity index (χ3n) is 3.25. The highest BCUT2D eigenvalue weighted by molar-refractivity contribution is 5.20. The zero-order valence-corrected chi connectivity index (χ0v) is 10.5. The van der Waals surface area contributed by atoms with Crippen molar-refractivity contribution in [2.24, 2.45) is 0 Å². The van der Waals surface area contributed by atoms with E-state index in [0.717, 1.165) is 10.6 Å². The van der Waals surface area contributed by atoms with Gasteiger partial charge in [0.25, 0.3) is 5.56 Å². The molecule has 2 heterocycles.